The van der Waals surface area contributed by atoms with Gasteiger partial charge in [-0.2, -0.15) is 11.3 Å². The van der Waals surface area contributed by atoms with Gasteiger partial charge in [0, 0.05) is 18.5 Å². The number of hydrogen-bond acceptors (Lipinski definition) is 4. The quantitative estimate of drug-likeness (QED) is 0.921. The van der Waals surface area contributed by atoms with Crippen LogP contribution in [0.5, 0.6) is 11.5 Å². The molecule has 0 radical (unpaired) electrons. The van der Waals surface area contributed by atoms with E-state index in [1.165, 1.54) is 0 Å². The molecule has 0 spiro atoms. The zero-order valence-electron chi connectivity index (χ0n) is 12.7. The minimum Gasteiger partial charge on any atom is -0.483 e. The monoisotopic (exact) mass is 317 g/mol. The van der Waals surface area contributed by atoms with Crippen LogP contribution in [0.3, 0.4) is 0 Å². The number of carbonyl (C=O) groups is 1. The van der Waals surface area contributed by atoms with Crippen molar-refractivity contribution in [2.75, 3.05) is 6.61 Å². The van der Waals surface area contributed by atoms with Gasteiger partial charge in [0.1, 0.15) is 5.60 Å². The fourth-order valence-corrected chi connectivity index (χ4v) is 3.16. The predicted octanol–water partition coefficient (Wildman–Crippen LogP) is 3.16. The molecule has 0 unspecified atom stereocenters. The molecule has 2 heterocycles. The lowest BCUT2D eigenvalue weighted by Crippen LogP contribution is -2.28. The zero-order chi connectivity index (χ0) is 15.6. The van der Waals surface area contributed by atoms with Crippen molar-refractivity contribution < 1.29 is 14.3 Å². The van der Waals surface area contributed by atoms with E-state index in [1.807, 2.05) is 48.9 Å². The zero-order valence-corrected chi connectivity index (χ0v) is 13.5. The summed E-state index contributed by atoms with van der Waals surface area (Å²) < 4.78 is 11.6. The number of para-hydroxylation sites is 1. The van der Waals surface area contributed by atoms with Crippen molar-refractivity contribution in [1.82, 2.24) is 5.32 Å². The minimum atomic E-state index is -0.219. The molecule has 2 aromatic rings. The summed E-state index contributed by atoms with van der Waals surface area (Å²) in [5, 5.41) is 6.85. The minimum absolute atomic E-state index is 0.00954. The summed E-state index contributed by atoms with van der Waals surface area (Å²) in [4.78, 5) is 11.9. The summed E-state index contributed by atoms with van der Waals surface area (Å²) in [6.07, 6.45) is 0.851. The van der Waals surface area contributed by atoms with Gasteiger partial charge in [0.15, 0.2) is 18.1 Å². The van der Waals surface area contributed by atoms with Crippen LogP contribution >= 0.6 is 11.3 Å². The Bertz CT molecular complexity index is 665. The molecule has 0 aliphatic carbocycles. The summed E-state index contributed by atoms with van der Waals surface area (Å²) in [6.45, 7) is 4.61. The third-order valence-corrected chi connectivity index (χ3v) is 4.22. The summed E-state index contributed by atoms with van der Waals surface area (Å²) in [5.74, 6) is 1.26. The third-order valence-electron chi connectivity index (χ3n) is 3.48. The van der Waals surface area contributed by atoms with E-state index in [9.17, 15) is 4.79 Å². The number of amides is 1. The van der Waals surface area contributed by atoms with Crippen LogP contribution in [0.1, 0.15) is 25.0 Å². The average molecular weight is 317 g/mol. The first kappa shape index (κ1) is 14.9. The SMILES string of the molecule is CC1(C)Cc2cccc(OCC(=O)NCc3ccsc3)c2O1. The molecule has 0 saturated heterocycles. The second kappa shape index (κ2) is 6.01. The molecular formula is C17H19NO3S. The number of thiophene rings is 1. The predicted molar refractivity (Wildman–Crippen MR) is 86.5 cm³/mol. The van der Waals surface area contributed by atoms with E-state index in [4.69, 9.17) is 9.47 Å². The van der Waals surface area contributed by atoms with Gasteiger partial charge in [0.25, 0.3) is 5.91 Å². The maximum atomic E-state index is 11.9. The van der Waals surface area contributed by atoms with Crippen LogP contribution in [0.4, 0.5) is 0 Å². The van der Waals surface area contributed by atoms with Gasteiger partial charge in [0.2, 0.25) is 0 Å². The Morgan fingerprint density at radius 1 is 1.41 bits per heavy atom. The van der Waals surface area contributed by atoms with Gasteiger partial charge in [-0.1, -0.05) is 12.1 Å². The normalized spacial score (nSPS) is 15.0. The molecule has 0 bridgehead atoms. The Hall–Kier alpha value is -2.01. The topological polar surface area (TPSA) is 47.6 Å². The van der Waals surface area contributed by atoms with Crippen molar-refractivity contribution >= 4 is 17.2 Å². The van der Waals surface area contributed by atoms with Crippen LogP contribution in [0.25, 0.3) is 0 Å². The van der Waals surface area contributed by atoms with Crippen molar-refractivity contribution in [2.45, 2.75) is 32.4 Å². The molecule has 0 saturated carbocycles. The van der Waals surface area contributed by atoms with E-state index in [2.05, 4.69) is 5.32 Å². The van der Waals surface area contributed by atoms with Gasteiger partial charge in [-0.05, 0) is 42.3 Å². The van der Waals surface area contributed by atoms with Crippen LogP contribution in [0.15, 0.2) is 35.0 Å². The Morgan fingerprint density at radius 2 is 2.27 bits per heavy atom. The van der Waals surface area contributed by atoms with Crippen molar-refractivity contribution in [3.8, 4) is 11.5 Å². The number of carbonyl (C=O) groups excluding carboxylic acids is 1. The molecule has 3 rings (SSSR count). The molecule has 0 atom stereocenters. The maximum absolute atomic E-state index is 11.9. The molecule has 1 N–H and O–H groups in total. The summed E-state index contributed by atoms with van der Waals surface area (Å²) in [7, 11) is 0. The molecule has 1 amide bonds. The molecule has 5 heteroatoms. The highest BCUT2D eigenvalue weighted by atomic mass is 32.1. The third kappa shape index (κ3) is 3.42. The Labute approximate surface area is 134 Å². The van der Waals surface area contributed by atoms with E-state index >= 15 is 0 Å². The van der Waals surface area contributed by atoms with E-state index in [0.717, 1.165) is 23.3 Å². The van der Waals surface area contributed by atoms with Crippen molar-refractivity contribution in [1.29, 1.82) is 0 Å². The largest absolute Gasteiger partial charge is 0.483 e. The van der Waals surface area contributed by atoms with Crippen molar-refractivity contribution in [2.24, 2.45) is 0 Å². The lowest BCUT2D eigenvalue weighted by atomic mass is 10.0. The van der Waals surface area contributed by atoms with Gasteiger partial charge < -0.3 is 14.8 Å². The highest BCUT2D eigenvalue weighted by molar-refractivity contribution is 7.07. The van der Waals surface area contributed by atoms with Crippen LogP contribution in [-0.2, 0) is 17.8 Å². The second-order valence-electron chi connectivity index (χ2n) is 5.98. The summed E-state index contributed by atoms with van der Waals surface area (Å²) in [5.41, 5.74) is 2.01. The van der Waals surface area contributed by atoms with Crippen LogP contribution in [-0.4, -0.2) is 18.1 Å². The van der Waals surface area contributed by atoms with E-state index in [-0.39, 0.29) is 18.1 Å². The Morgan fingerprint density at radius 3 is 3.05 bits per heavy atom. The molecule has 1 aromatic heterocycles. The van der Waals surface area contributed by atoms with E-state index in [0.29, 0.717) is 12.3 Å². The van der Waals surface area contributed by atoms with Crippen molar-refractivity contribution in [3.63, 3.8) is 0 Å². The Kier molecular flexibility index (Phi) is 4.07. The van der Waals surface area contributed by atoms with Crippen LogP contribution in [0, 0.1) is 0 Å². The van der Waals surface area contributed by atoms with Crippen LogP contribution in [0.2, 0.25) is 0 Å². The molecule has 116 valence electrons. The summed E-state index contributed by atoms with van der Waals surface area (Å²) >= 11 is 1.62. The van der Waals surface area contributed by atoms with Gasteiger partial charge in [0.05, 0.1) is 0 Å². The van der Waals surface area contributed by atoms with Gasteiger partial charge >= 0.3 is 0 Å². The van der Waals surface area contributed by atoms with Gasteiger partial charge in [-0.3, -0.25) is 4.79 Å². The fourth-order valence-electron chi connectivity index (χ4n) is 2.49. The number of benzene rings is 1. The standard InChI is InChI=1S/C17H19NO3S/c1-17(2)8-13-4-3-5-14(16(13)21-17)20-10-15(19)18-9-12-6-7-22-11-12/h3-7,11H,8-10H2,1-2H3,(H,18,19). The lowest BCUT2D eigenvalue weighted by Gasteiger charge is -2.18. The van der Waals surface area contributed by atoms with Crippen LogP contribution < -0.4 is 14.8 Å². The lowest BCUT2D eigenvalue weighted by molar-refractivity contribution is -0.123. The smallest absolute Gasteiger partial charge is 0.258 e. The molecular weight excluding hydrogens is 298 g/mol. The Balaban J connectivity index is 1.56. The van der Waals surface area contributed by atoms with E-state index in [1.54, 1.807) is 11.3 Å². The maximum Gasteiger partial charge on any atom is 0.258 e. The number of nitrogens with one attached hydrogen (secondary N) is 1. The van der Waals surface area contributed by atoms with Gasteiger partial charge in [-0.15, -0.1) is 0 Å². The molecule has 0 fully saturated rings. The number of hydrogen-bond donors (Lipinski definition) is 1. The first-order valence-corrected chi connectivity index (χ1v) is 8.19. The average Bonchev–Trinajstić information content (AvgIpc) is 3.08. The first-order valence-electron chi connectivity index (χ1n) is 7.25. The fraction of sp³-hybridized carbons (Fsp3) is 0.353. The molecule has 1 aliphatic heterocycles. The van der Waals surface area contributed by atoms with Gasteiger partial charge in [-0.25, -0.2) is 0 Å². The molecule has 1 aromatic carbocycles. The number of ether oxygens (including phenoxy) is 2. The molecule has 1 aliphatic rings. The first-order chi connectivity index (χ1) is 10.5. The highest BCUT2D eigenvalue weighted by Crippen LogP contribution is 2.41. The van der Waals surface area contributed by atoms with Crippen molar-refractivity contribution in [3.05, 3.63) is 46.2 Å². The molecule has 4 nitrogen and oxygen atoms in total. The number of fused-ring (bicyclic) bond motifs is 1. The molecule has 22 heavy (non-hydrogen) atoms. The number of rotatable bonds is 5. The van der Waals surface area contributed by atoms with E-state index < -0.39 is 0 Å². The summed E-state index contributed by atoms with van der Waals surface area (Å²) in [6, 6.07) is 7.80. The second-order valence-corrected chi connectivity index (χ2v) is 6.76. The highest BCUT2D eigenvalue weighted by Gasteiger charge is 2.32.